The van der Waals surface area contributed by atoms with E-state index in [1.807, 2.05) is 73.8 Å². The Morgan fingerprint density at radius 2 is 1.71 bits per heavy atom. The Kier molecular flexibility index (Phi) is 6.98. The van der Waals surface area contributed by atoms with E-state index in [-0.39, 0.29) is 40.7 Å². The fourth-order valence-corrected chi connectivity index (χ4v) is 8.00. The molecule has 10 heteroatoms. The van der Waals surface area contributed by atoms with Crippen LogP contribution in [0.25, 0.3) is 28.6 Å². The fraction of sp³-hybridized carbons (Fsp3) is 0.200. The first-order valence-electron chi connectivity index (χ1n) is 14.7. The molecular formula is C35H28N4O5S. The predicted octanol–water partition coefficient (Wildman–Crippen LogP) is 4.78. The first-order valence-corrected chi connectivity index (χ1v) is 16.5. The Bertz CT molecular complexity index is 2070. The normalized spacial score (nSPS) is 21.6. The molecule has 2 atom stereocenters. The topological polar surface area (TPSA) is 122 Å². The number of hydrogen-bond acceptors (Lipinski definition) is 7. The summed E-state index contributed by atoms with van der Waals surface area (Å²) in [6, 6.07) is 25.4. The van der Waals surface area contributed by atoms with Crippen molar-refractivity contribution in [1.82, 2.24) is 14.7 Å². The van der Waals surface area contributed by atoms with Crippen LogP contribution in [0, 0.1) is 11.3 Å². The summed E-state index contributed by atoms with van der Waals surface area (Å²) >= 11 is 0. The highest BCUT2D eigenvalue weighted by Crippen LogP contribution is 2.39. The number of fused-ring (bicyclic) bond motifs is 1. The molecule has 3 aliphatic heterocycles. The van der Waals surface area contributed by atoms with Gasteiger partial charge in [-0.3, -0.25) is 14.5 Å². The highest BCUT2D eigenvalue weighted by atomic mass is 32.2. The molecule has 0 saturated carbocycles. The van der Waals surface area contributed by atoms with Gasteiger partial charge >= 0.3 is 0 Å². The van der Waals surface area contributed by atoms with Crippen LogP contribution in [0.15, 0.2) is 96.2 Å². The van der Waals surface area contributed by atoms with Gasteiger partial charge in [0.05, 0.1) is 34.5 Å². The van der Waals surface area contributed by atoms with Gasteiger partial charge in [-0.2, -0.15) is 10.4 Å². The molecule has 2 amide bonds. The number of para-hydroxylation sites is 1. The van der Waals surface area contributed by atoms with Crippen LogP contribution < -0.4 is 4.74 Å². The lowest BCUT2D eigenvalue weighted by molar-refractivity contribution is -0.142. The number of imide groups is 1. The third-order valence-electron chi connectivity index (χ3n) is 8.38. The van der Waals surface area contributed by atoms with Gasteiger partial charge in [0.1, 0.15) is 23.5 Å². The van der Waals surface area contributed by atoms with Gasteiger partial charge in [-0.1, -0.05) is 48.5 Å². The Morgan fingerprint density at radius 1 is 0.978 bits per heavy atom. The quantitative estimate of drug-likeness (QED) is 0.234. The van der Waals surface area contributed by atoms with Crippen LogP contribution in [-0.2, 0) is 25.8 Å². The summed E-state index contributed by atoms with van der Waals surface area (Å²) in [7, 11) is -3.43. The van der Waals surface area contributed by atoms with Gasteiger partial charge in [0.25, 0.3) is 11.8 Å². The molecule has 2 unspecified atom stereocenters. The van der Waals surface area contributed by atoms with Crippen molar-refractivity contribution >= 4 is 33.3 Å². The Morgan fingerprint density at radius 3 is 2.40 bits per heavy atom. The number of rotatable bonds is 5. The Balaban J connectivity index is 1.45. The number of amides is 2. The van der Waals surface area contributed by atoms with Gasteiger partial charge in [0.2, 0.25) is 0 Å². The zero-order valence-corrected chi connectivity index (χ0v) is 25.2. The minimum absolute atomic E-state index is 0.0597. The van der Waals surface area contributed by atoms with Crippen LogP contribution >= 0.6 is 0 Å². The van der Waals surface area contributed by atoms with Crippen molar-refractivity contribution in [1.29, 1.82) is 5.26 Å². The van der Waals surface area contributed by atoms with Crippen molar-refractivity contribution in [3.8, 4) is 28.8 Å². The van der Waals surface area contributed by atoms with Gasteiger partial charge in [-0.25, -0.2) is 13.1 Å². The molecule has 1 aromatic heterocycles. The zero-order chi connectivity index (χ0) is 31.3. The number of carbonyl (C=O) groups excluding carboxylic acids is 2. The number of sulfone groups is 1. The number of hydrogen-bond donors (Lipinski definition) is 0. The average Bonchev–Trinajstić information content (AvgIpc) is 3.74. The second-order valence-corrected chi connectivity index (χ2v) is 13.7. The highest BCUT2D eigenvalue weighted by molar-refractivity contribution is 7.91. The number of benzene rings is 3. The summed E-state index contributed by atoms with van der Waals surface area (Å²) < 4.78 is 32.4. The van der Waals surface area contributed by atoms with E-state index >= 15 is 0 Å². The molecule has 1 saturated heterocycles. The molecule has 3 aromatic carbocycles. The standard InChI is InChI=1S/C35H28N4O5S/c1-22-16-25-17-24(12-13-31(25)44-22)33-26(20-38(37-33)27-10-6-3-7-11-27)18-29-32(23-8-4-2-5-9-23)30(19-36)35(41)39(34(29)40)28-14-15-45(42,43)21-28/h2-13,17-18,20,22,28H,14-16,21H2,1H3/b29-18-. The maximum Gasteiger partial charge on any atom is 0.272 e. The predicted molar refractivity (Wildman–Crippen MR) is 169 cm³/mol. The summed E-state index contributed by atoms with van der Waals surface area (Å²) in [5.74, 6) is -1.06. The van der Waals surface area contributed by atoms with Gasteiger partial charge in [-0.05, 0) is 60.9 Å². The molecule has 1 fully saturated rings. The van der Waals surface area contributed by atoms with Crippen molar-refractivity contribution < 1.29 is 22.7 Å². The van der Waals surface area contributed by atoms with Gasteiger partial charge < -0.3 is 4.74 Å². The van der Waals surface area contributed by atoms with E-state index in [0.717, 1.165) is 33.9 Å². The third kappa shape index (κ3) is 5.15. The van der Waals surface area contributed by atoms with E-state index < -0.39 is 27.7 Å². The molecule has 0 N–H and O–H groups in total. The van der Waals surface area contributed by atoms with Crippen LogP contribution in [-0.4, -0.2) is 58.6 Å². The first kappa shape index (κ1) is 28.5. The van der Waals surface area contributed by atoms with Crippen LogP contribution in [0.1, 0.15) is 30.0 Å². The first-order chi connectivity index (χ1) is 21.7. The molecule has 3 aliphatic rings. The van der Waals surface area contributed by atoms with Crippen LogP contribution in [0.3, 0.4) is 0 Å². The molecule has 4 aromatic rings. The number of carbonyl (C=O) groups is 2. The summed E-state index contributed by atoms with van der Waals surface area (Å²) in [5.41, 5.74) is 4.51. The zero-order valence-electron chi connectivity index (χ0n) is 24.4. The summed E-state index contributed by atoms with van der Waals surface area (Å²) in [4.78, 5) is 29.1. The minimum atomic E-state index is -3.43. The lowest BCUT2D eigenvalue weighted by atomic mass is 9.86. The lowest BCUT2D eigenvalue weighted by Crippen LogP contribution is -2.49. The Hall–Kier alpha value is -5.27. The summed E-state index contributed by atoms with van der Waals surface area (Å²) in [6.45, 7) is 2.02. The summed E-state index contributed by atoms with van der Waals surface area (Å²) in [6.07, 6.45) is 4.42. The fourth-order valence-electron chi connectivity index (χ4n) is 6.30. The molecule has 224 valence electrons. The minimum Gasteiger partial charge on any atom is -0.490 e. The second-order valence-electron chi connectivity index (χ2n) is 11.5. The third-order valence-corrected chi connectivity index (χ3v) is 10.1. The highest BCUT2D eigenvalue weighted by Gasteiger charge is 2.45. The van der Waals surface area contributed by atoms with Crippen molar-refractivity contribution in [2.75, 3.05) is 11.5 Å². The molecule has 0 spiro atoms. The van der Waals surface area contributed by atoms with E-state index in [1.54, 1.807) is 35.0 Å². The number of ether oxygens (including phenoxy) is 1. The van der Waals surface area contributed by atoms with E-state index in [9.17, 15) is 23.3 Å². The molecular weight excluding hydrogens is 588 g/mol. The van der Waals surface area contributed by atoms with Gasteiger partial charge in [-0.15, -0.1) is 0 Å². The van der Waals surface area contributed by atoms with Crippen molar-refractivity contribution in [2.24, 2.45) is 0 Å². The SMILES string of the molecule is CC1Cc2cc(-c3nn(-c4ccccc4)cc3/C=C3\C(=O)N(C4CCS(=O)(=O)C4)C(=O)C(C#N)=C3c3ccccc3)ccc2O1. The average molecular weight is 617 g/mol. The monoisotopic (exact) mass is 616 g/mol. The van der Waals surface area contributed by atoms with Crippen molar-refractivity contribution in [2.45, 2.75) is 31.9 Å². The largest absolute Gasteiger partial charge is 0.490 e. The maximum atomic E-state index is 14.4. The molecule has 45 heavy (non-hydrogen) atoms. The molecule has 0 bridgehead atoms. The number of nitrogens with zero attached hydrogens (tertiary/aromatic N) is 4. The van der Waals surface area contributed by atoms with Crippen molar-refractivity contribution in [3.05, 3.63) is 113 Å². The lowest BCUT2D eigenvalue weighted by Gasteiger charge is -2.32. The second kappa shape index (κ2) is 11.0. The van der Waals surface area contributed by atoms with Crippen molar-refractivity contribution in [3.63, 3.8) is 0 Å². The van der Waals surface area contributed by atoms with Crippen LogP contribution in [0.5, 0.6) is 5.75 Å². The summed E-state index contributed by atoms with van der Waals surface area (Å²) in [5, 5.41) is 15.2. The van der Waals surface area contributed by atoms with Gasteiger partial charge in [0.15, 0.2) is 9.84 Å². The van der Waals surface area contributed by atoms with Crippen LogP contribution in [0.2, 0.25) is 0 Å². The van der Waals surface area contributed by atoms with E-state index in [2.05, 4.69) is 0 Å². The van der Waals surface area contributed by atoms with E-state index in [4.69, 9.17) is 9.84 Å². The molecule has 0 aliphatic carbocycles. The smallest absolute Gasteiger partial charge is 0.272 e. The molecule has 9 nitrogen and oxygen atoms in total. The van der Waals surface area contributed by atoms with Gasteiger partial charge in [0, 0.05) is 29.3 Å². The number of nitriles is 1. The van der Waals surface area contributed by atoms with Crippen LogP contribution in [0.4, 0.5) is 0 Å². The molecule has 7 rings (SSSR count). The molecule has 4 heterocycles. The Labute approximate surface area is 260 Å². The van der Waals surface area contributed by atoms with E-state index in [1.165, 1.54) is 0 Å². The number of aromatic nitrogens is 2. The van der Waals surface area contributed by atoms with E-state index in [0.29, 0.717) is 16.8 Å². The molecule has 0 radical (unpaired) electrons. The maximum absolute atomic E-state index is 14.4.